The fourth-order valence-corrected chi connectivity index (χ4v) is 4.97. The summed E-state index contributed by atoms with van der Waals surface area (Å²) in [5, 5.41) is 2.66. The summed E-state index contributed by atoms with van der Waals surface area (Å²) in [6.07, 6.45) is -5.02. The first-order valence-corrected chi connectivity index (χ1v) is 11.6. The SMILES string of the molecule is O=S(=O)(Nc1cccc(-c2csc(-c3ccccc3)n2)c1)c1ccccc1OC(F)(F)F. The largest absolute Gasteiger partial charge is 0.573 e. The van der Waals surface area contributed by atoms with E-state index in [-0.39, 0.29) is 5.69 Å². The number of halogens is 3. The Labute approximate surface area is 186 Å². The van der Waals surface area contributed by atoms with Gasteiger partial charge in [0.15, 0.2) is 0 Å². The van der Waals surface area contributed by atoms with Crippen LogP contribution in [0.3, 0.4) is 0 Å². The number of hydrogen-bond donors (Lipinski definition) is 1. The van der Waals surface area contributed by atoms with Crippen LogP contribution in [0, 0.1) is 0 Å². The second-order valence-electron chi connectivity index (χ2n) is 6.58. The first kappa shape index (κ1) is 21.8. The number of thiazole rings is 1. The number of benzene rings is 3. The standard InChI is InChI=1S/C22H15F3N2O3S2/c23-22(24,25)30-19-11-4-5-12-20(19)32(28,29)27-17-10-6-9-16(13-17)18-14-31-21(26-18)15-7-2-1-3-8-15/h1-14,27H. The Morgan fingerprint density at radius 3 is 2.31 bits per heavy atom. The molecule has 0 bridgehead atoms. The smallest absolute Gasteiger partial charge is 0.404 e. The molecule has 0 aliphatic heterocycles. The molecule has 4 aromatic rings. The fourth-order valence-electron chi connectivity index (χ4n) is 2.95. The zero-order valence-electron chi connectivity index (χ0n) is 16.2. The number of alkyl halides is 3. The van der Waals surface area contributed by atoms with E-state index >= 15 is 0 Å². The zero-order valence-corrected chi connectivity index (χ0v) is 17.8. The number of rotatable bonds is 6. The number of nitrogens with one attached hydrogen (secondary N) is 1. The molecule has 0 amide bonds. The van der Waals surface area contributed by atoms with Gasteiger partial charge in [-0.3, -0.25) is 4.72 Å². The van der Waals surface area contributed by atoms with E-state index in [1.54, 1.807) is 18.2 Å². The molecular formula is C22H15F3N2O3S2. The van der Waals surface area contributed by atoms with Gasteiger partial charge in [-0.1, -0.05) is 54.6 Å². The number of ether oxygens (including phenoxy) is 1. The van der Waals surface area contributed by atoms with Crippen molar-refractivity contribution < 1.29 is 26.3 Å². The van der Waals surface area contributed by atoms with Crippen molar-refractivity contribution in [3.05, 3.63) is 84.2 Å². The molecule has 1 N–H and O–H groups in total. The number of nitrogens with zero attached hydrogens (tertiary/aromatic N) is 1. The molecule has 5 nitrogen and oxygen atoms in total. The molecule has 1 heterocycles. The Morgan fingerprint density at radius 1 is 0.875 bits per heavy atom. The maximum absolute atomic E-state index is 12.8. The van der Waals surface area contributed by atoms with Crippen LogP contribution in [0.25, 0.3) is 21.8 Å². The van der Waals surface area contributed by atoms with Crippen molar-refractivity contribution in [2.45, 2.75) is 11.3 Å². The van der Waals surface area contributed by atoms with Gasteiger partial charge in [0.2, 0.25) is 0 Å². The van der Waals surface area contributed by atoms with Crippen LogP contribution in [0.4, 0.5) is 18.9 Å². The minimum atomic E-state index is -5.02. The number of para-hydroxylation sites is 1. The van der Waals surface area contributed by atoms with Crippen LogP contribution < -0.4 is 9.46 Å². The molecule has 10 heteroatoms. The van der Waals surface area contributed by atoms with E-state index in [0.29, 0.717) is 11.3 Å². The number of sulfonamides is 1. The lowest BCUT2D eigenvalue weighted by atomic mass is 10.1. The van der Waals surface area contributed by atoms with Crippen molar-refractivity contribution in [2.75, 3.05) is 4.72 Å². The van der Waals surface area contributed by atoms with Gasteiger partial charge in [0.1, 0.15) is 15.7 Å². The molecule has 0 saturated heterocycles. The van der Waals surface area contributed by atoms with Gasteiger partial charge in [-0.2, -0.15) is 0 Å². The Balaban J connectivity index is 1.61. The molecule has 0 saturated carbocycles. The molecule has 0 atom stereocenters. The highest BCUT2D eigenvalue weighted by Gasteiger charge is 2.34. The van der Waals surface area contributed by atoms with Gasteiger partial charge < -0.3 is 4.74 Å². The summed E-state index contributed by atoms with van der Waals surface area (Å²) in [6, 6.07) is 20.6. The molecule has 0 fully saturated rings. The first-order valence-electron chi connectivity index (χ1n) is 9.20. The summed E-state index contributed by atoms with van der Waals surface area (Å²) in [7, 11) is -4.35. The van der Waals surface area contributed by atoms with Crippen LogP contribution in [-0.4, -0.2) is 19.8 Å². The third kappa shape index (κ3) is 5.09. The monoisotopic (exact) mass is 476 g/mol. The highest BCUT2D eigenvalue weighted by Crippen LogP contribution is 2.32. The van der Waals surface area contributed by atoms with Crippen LogP contribution in [0.15, 0.2) is 89.1 Å². The molecule has 0 radical (unpaired) electrons. The topological polar surface area (TPSA) is 68.3 Å². The second-order valence-corrected chi connectivity index (χ2v) is 9.09. The highest BCUT2D eigenvalue weighted by atomic mass is 32.2. The normalized spacial score (nSPS) is 11.8. The van der Waals surface area contributed by atoms with E-state index in [4.69, 9.17) is 0 Å². The second kappa shape index (κ2) is 8.64. The number of hydrogen-bond acceptors (Lipinski definition) is 5. The predicted molar refractivity (Wildman–Crippen MR) is 117 cm³/mol. The molecule has 4 rings (SSSR count). The van der Waals surface area contributed by atoms with E-state index in [9.17, 15) is 21.6 Å². The van der Waals surface area contributed by atoms with Crippen LogP contribution in [-0.2, 0) is 10.0 Å². The van der Waals surface area contributed by atoms with E-state index in [1.165, 1.54) is 29.5 Å². The lowest BCUT2D eigenvalue weighted by molar-refractivity contribution is -0.275. The van der Waals surface area contributed by atoms with Crippen LogP contribution in [0.2, 0.25) is 0 Å². The van der Waals surface area contributed by atoms with Gasteiger partial charge in [0.05, 0.1) is 5.69 Å². The molecule has 3 aromatic carbocycles. The highest BCUT2D eigenvalue weighted by molar-refractivity contribution is 7.92. The maximum atomic E-state index is 12.8. The lowest BCUT2D eigenvalue weighted by Crippen LogP contribution is -2.20. The first-order chi connectivity index (χ1) is 15.2. The van der Waals surface area contributed by atoms with Crippen molar-refractivity contribution in [2.24, 2.45) is 0 Å². The van der Waals surface area contributed by atoms with Gasteiger partial charge in [0.25, 0.3) is 10.0 Å². The molecule has 0 aliphatic rings. The van der Waals surface area contributed by atoms with E-state index < -0.39 is 27.0 Å². The van der Waals surface area contributed by atoms with E-state index in [2.05, 4.69) is 14.4 Å². The van der Waals surface area contributed by atoms with Crippen molar-refractivity contribution in [1.29, 1.82) is 0 Å². The molecular weight excluding hydrogens is 461 g/mol. The minimum Gasteiger partial charge on any atom is -0.404 e. The molecule has 164 valence electrons. The van der Waals surface area contributed by atoms with Crippen LogP contribution in [0.5, 0.6) is 5.75 Å². The molecule has 32 heavy (non-hydrogen) atoms. The Bertz CT molecular complexity index is 1340. The number of anilines is 1. The van der Waals surface area contributed by atoms with Crippen molar-refractivity contribution >= 4 is 27.0 Å². The molecule has 0 unspecified atom stereocenters. The van der Waals surface area contributed by atoms with Crippen molar-refractivity contribution in [3.63, 3.8) is 0 Å². The Kier molecular flexibility index (Phi) is 5.90. The Morgan fingerprint density at radius 2 is 1.56 bits per heavy atom. The van der Waals surface area contributed by atoms with E-state index in [0.717, 1.165) is 22.7 Å². The van der Waals surface area contributed by atoms with Crippen LogP contribution >= 0.6 is 11.3 Å². The summed E-state index contributed by atoms with van der Waals surface area (Å²) in [6.45, 7) is 0. The Hall–Kier alpha value is -3.37. The van der Waals surface area contributed by atoms with Gasteiger partial charge in [-0.25, -0.2) is 13.4 Å². The summed E-state index contributed by atoms with van der Waals surface area (Å²) >= 11 is 1.45. The van der Waals surface area contributed by atoms with Crippen molar-refractivity contribution in [1.82, 2.24) is 4.98 Å². The lowest BCUT2D eigenvalue weighted by Gasteiger charge is -2.14. The zero-order chi connectivity index (χ0) is 22.8. The quantitative estimate of drug-likeness (QED) is 0.361. The summed E-state index contributed by atoms with van der Waals surface area (Å²) in [5.41, 5.74) is 2.44. The van der Waals surface area contributed by atoms with Gasteiger partial charge >= 0.3 is 6.36 Å². The van der Waals surface area contributed by atoms with Gasteiger partial charge in [0, 0.05) is 22.2 Å². The van der Waals surface area contributed by atoms with E-state index in [1.807, 2.05) is 35.7 Å². The van der Waals surface area contributed by atoms with Crippen LogP contribution in [0.1, 0.15) is 0 Å². The van der Waals surface area contributed by atoms with Gasteiger partial charge in [-0.05, 0) is 24.3 Å². The summed E-state index contributed by atoms with van der Waals surface area (Å²) in [4.78, 5) is 3.97. The molecule has 1 aromatic heterocycles. The van der Waals surface area contributed by atoms with Crippen molar-refractivity contribution in [3.8, 4) is 27.6 Å². The number of aromatic nitrogens is 1. The molecule has 0 aliphatic carbocycles. The summed E-state index contributed by atoms with van der Waals surface area (Å²) in [5.74, 6) is -0.810. The summed E-state index contributed by atoms with van der Waals surface area (Å²) < 4.78 is 69.7. The fraction of sp³-hybridized carbons (Fsp3) is 0.0455. The average Bonchev–Trinajstić information content (AvgIpc) is 3.24. The van der Waals surface area contributed by atoms with Gasteiger partial charge in [-0.15, -0.1) is 24.5 Å². The maximum Gasteiger partial charge on any atom is 0.573 e. The predicted octanol–water partition coefficient (Wildman–Crippen LogP) is 6.18. The average molecular weight is 477 g/mol. The third-order valence-corrected chi connectivity index (χ3v) is 6.61. The molecule has 0 spiro atoms. The minimum absolute atomic E-state index is 0.179. The third-order valence-electron chi connectivity index (χ3n) is 4.30.